The SMILES string of the molecule is NC(CO)CC(Sc1cc(C(F)(F)F)ccc1Cl)c1cncs1. The van der Waals surface area contributed by atoms with Crippen LogP contribution < -0.4 is 5.73 Å². The van der Waals surface area contributed by atoms with Gasteiger partial charge in [0.15, 0.2) is 0 Å². The number of rotatable bonds is 6. The summed E-state index contributed by atoms with van der Waals surface area (Å²) < 4.78 is 38.6. The van der Waals surface area contributed by atoms with E-state index in [-0.39, 0.29) is 16.9 Å². The second kappa shape index (κ2) is 7.85. The molecule has 3 nitrogen and oxygen atoms in total. The van der Waals surface area contributed by atoms with Gasteiger partial charge < -0.3 is 10.8 Å². The Balaban J connectivity index is 2.29. The lowest BCUT2D eigenvalue weighted by molar-refractivity contribution is -0.137. The normalized spacial score (nSPS) is 14.7. The fourth-order valence-electron chi connectivity index (χ4n) is 1.88. The van der Waals surface area contributed by atoms with Crippen LogP contribution in [0.4, 0.5) is 13.2 Å². The number of benzene rings is 1. The second-order valence-corrected chi connectivity index (χ2v) is 7.40. The summed E-state index contributed by atoms with van der Waals surface area (Å²) in [5, 5.41) is 9.15. The van der Waals surface area contributed by atoms with Crippen LogP contribution in [-0.4, -0.2) is 22.7 Å². The van der Waals surface area contributed by atoms with Crippen LogP contribution in [0.3, 0.4) is 0 Å². The quantitative estimate of drug-likeness (QED) is 0.729. The van der Waals surface area contributed by atoms with E-state index in [0.29, 0.717) is 11.3 Å². The molecule has 2 unspecified atom stereocenters. The lowest BCUT2D eigenvalue weighted by Crippen LogP contribution is -2.25. The number of aromatic nitrogens is 1. The molecule has 0 saturated heterocycles. The van der Waals surface area contributed by atoms with E-state index in [1.165, 1.54) is 29.2 Å². The van der Waals surface area contributed by atoms with Crippen molar-refractivity contribution in [2.45, 2.75) is 28.8 Å². The first kappa shape index (κ1) is 18.5. The number of thioether (sulfide) groups is 1. The van der Waals surface area contributed by atoms with Crippen molar-refractivity contribution in [1.29, 1.82) is 0 Å². The Morgan fingerprint density at radius 1 is 1.39 bits per heavy atom. The fraction of sp³-hybridized carbons (Fsp3) is 0.357. The fourth-order valence-corrected chi connectivity index (χ4v) is 4.26. The third-order valence-electron chi connectivity index (χ3n) is 3.05. The van der Waals surface area contributed by atoms with E-state index in [2.05, 4.69) is 4.98 Å². The minimum atomic E-state index is -4.43. The van der Waals surface area contributed by atoms with Gasteiger partial charge in [0.1, 0.15) is 0 Å². The Morgan fingerprint density at radius 2 is 2.13 bits per heavy atom. The maximum absolute atomic E-state index is 12.9. The zero-order valence-corrected chi connectivity index (χ0v) is 14.1. The van der Waals surface area contributed by atoms with Crippen molar-refractivity contribution >= 4 is 34.7 Å². The first-order chi connectivity index (χ1) is 10.8. The largest absolute Gasteiger partial charge is 0.416 e. The summed E-state index contributed by atoms with van der Waals surface area (Å²) in [6.07, 6.45) is -2.38. The van der Waals surface area contributed by atoms with Crippen molar-refractivity contribution in [3.63, 3.8) is 0 Å². The Bertz CT molecular complexity index is 637. The number of aliphatic hydroxyl groups excluding tert-OH is 1. The highest BCUT2D eigenvalue weighted by atomic mass is 35.5. The molecule has 0 spiro atoms. The van der Waals surface area contributed by atoms with Crippen LogP contribution in [-0.2, 0) is 6.18 Å². The van der Waals surface area contributed by atoms with Crippen molar-refractivity contribution < 1.29 is 18.3 Å². The molecular formula is C14H14ClF3N2OS2. The molecule has 1 aromatic carbocycles. The van der Waals surface area contributed by atoms with Gasteiger partial charge in [-0.1, -0.05) is 11.6 Å². The number of nitrogens with two attached hydrogens (primary N) is 1. The van der Waals surface area contributed by atoms with Gasteiger partial charge in [-0.25, -0.2) is 0 Å². The molecular weight excluding hydrogens is 369 g/mol. The second-order valence-electron chi connectivity index (χ2n) is 4.83. The molecule has 126 valence electrons. The van der Waals surface area contributed by atoms with E-state index in [4.69, 9.17) is 22.4 Å². The van der Waals surface area contributed by atoms with Gasteiger partial charge in [0, 0.05) is 27.3 Å². The molecule has 0 fully saturated rings. The predicted molar refractivity (Wildman–Crippen MR) is 86.8 cm³/mol. The van der Waals surface area contributed by atoms with Crippen LogP contribution >= 0.6 is 34.7 Å². The maximum Gasteiger partial charge on any atom is 0.416 e. The number of aliphatic hydroxyl groups is 1. The van der Waals surface area contributed by atoms with Crippen molar-refractivity contribution in [3.8, 4) is 0 Å². The summed E-state index contributed by atoms with van der Waals surface area (Å²) in [6, 6.07) is 2.75. The minimum Gasteiger partial charge on any atom is -0.395 e. The molecule has 0 amide bonds. The standard InChI is InChI=1S/C14H14ClF3N2OS2/c15-10-2-1-8(14(16,17)18)3-11(10)23-12(4-9(19)6-21)13-5-20-7-22-13/h1-3,5,7,9,12,21H,4,6,19H2. The molecule has 2 rings (SSSR count). The average molecular weight is 383 g/mol. The Labute approximate surface area is 144 Å². The van der Waals surface area contributed by atoms with Crippen LogP contribution in [0.5, 0.6) is 0 Å². The summed E-state index contributed by atoms with van der Waals surface area (Å²) in [4.78, 5) is 5.18. The summed E-state index contributed by atoms with van der Waals surface area (Å²) in [5.41, 5.74) is 6.67. The molecule has 0 bridgehead atoms. The highest BCUT2D eigenvalue weighted by Crippen LogP contribution is 2.44. The van der Waals surface area contributed by atoms with Crippen LogP contribution in [0.1, 0.15) is 22.1 Å². The van der Waals surface area contributed by atoms with Gasteiger partial charge in [-0.05, 0) is 24.6 Å². The van der Waals surface area contributed by atoms with E-state index in [9.17, 15) is 13.2 Å². The van der Waals surface area contributed by atoms with E-state index >= 15 is 0 Å². The van der Waals surface area contributed by atoms with Crippen molar-refractivity contribution in [2.24, 2.45) is 5.73 Å². The van der Waals surface area contributed by atoms with E-state index in [1.807, 2.05) is 0 Å². The monoisotopic (exact) mass is 382 g/mol. The smallest absolute Gasteiger partial charge is 0.395 e. The van der Waals surface area contributed by atoms with Crippen molar-refractivity contribution in [1.82, 2.24) is 4.98 Å². The summed E-state index contributed by atoms with van der Waals surface area (Å²) in [7, 11) is 0. The zero-order valence-electron chi connectivity index (χ0n) is 11.8. The third-order valence-corrected chi connectivity index (χ3v) is 5.85. The van der Waals surface area contributed by atoms with Gasteiger partial charge in [0.2, 0.25) is 0 Å². The lowest BCUT2D eigenvalue weighted by Gasteiger charge is -2.19. The van der Waals surface area contributed by atoms with E-state index in [1.54, 1.807) is 11.7 Å². The first-order valence-corrected chi connectivity index (χ1v) is 8.73. The molecule has 1 heterocycles. The molecule has 23 heavy (non-hydrogen) atoms. The van der Waals surface area contributed by atoms with Gasteiger partial charge in [-0.15, -0.1) is 23.1 Å². The topological polar surface area (TPSA) is 59.1 Å². The molecule has 0 saturated carbocycles. The first-order valence-electron chi connectivity index (χ1n) is 6.59. The number of alkyl halides is 3. The van der Waals surface area contributed by atoms with Crippen LogP contribution in [0, 0.1) is 0 Å². The lowest BCUT2D eigenvalue weighted by atomic mass is 10.1. The highest BCUT2D eigenvalue weighted by molar-refractivity contribution is 7.99. The van der Waals surface area contributed by atoms with Crippen LogP contribution in [0.2, 0.25) is 5.02 Å². The molecule has 0 aliphatic carbocycles. The molecule has 0 aliphatic rings. The van der Waals surface area contributed by atoms with Crippen LogP contribution in [0.25, 0.3) is 0 Å². The molecule has 2 atom stereocenters. The van der Waals surface area contributed by atoms with E-state index < -0.39 is 17.8 Å². The predicted octanol–water partition coefficient (Wildman–Crippen LogP) is 4.36. The molecule has 0 radical (unpaired) electrons. The number of thiazole rings is 1. The summed E-state index contributed by atoms with van der Waals surface area (Å²) in [6.45, 7) is -0.202. The van der Waals surface area contributed by atoms with Gasteiger partial charge in [-0.2, -0.15) is 13.2 Å². The Hall–Kier alpha value is -0.800. The number of nitrogens with zero attached hydrogens (tertiary/aromatic N) is 1. The number of hydrogen-bond acceptors (Lipinski definition) is 5. The number of halogens is 4. The Kier molecular flexibility index (Phi) is 6.33. The highest BCUT2D eigenvalue weighted by Gasteiger charge is 2.31. The van der Waals surface area contributed by atoms with Crippen molar-refractivity contribution in [2.75, 3.05) is 6.61 Å². The summed E-state index contributed by atoms with van der Waals surface area (Å²) >= 11 is 8.62. The molecule has 3 N–H and O–H groups in total. The zero-order chi connectivity index (χ0) is 17.0. The maximum atomic E-state index is 12.9. The number of hydrogen-bond donors (Lipinski definition) is 2. The molecule has 0 aliphatic heterocycles. The Morgan fingerprint density at radius 3 is 2.70 bits per heavy atom. The van der Waals surface area contributed by atoms with Gasteiger partial charge >= 0.3 is 6.18 Å². The van der Waals surface area contributed by atoms with Gasteiger partial charge in [0.25, 0.3) is 0 Å². The molecule has 9 heteroatoms. The third kappa shape index (κ3) is 5.09. The van der Waals surface area contributed by atoms with Crippen LogP contribution in [0.15, 0.2) is 34.8 Å². The van der Waals surface area contributed by atoms with Gasteiger partial charge in [0.05, 0.1) is 22.7 Å². The summed E-state index contributed by atoms with van der Waals surface area (Å²) in [5.74, 6) is 0. The molecule has 2 aromatic rings. The van der Waals surface area contributed by atoms with E-state index in [0.717, 1.165) is 17.0 Å². The molecule has 1 aromatic heterocycles. The minimum absolute atomic E-state index is 0.202. The average Bonchev–Trinajstić information content (AvgIpc) is 3.01. The van der Waals surface area contributed by atoms with Gasteiger partial charge in [-0.3, -0.25) is 4.98 Å². The van der Waals surface area contributed by atoms with Crippen molar-refractivity contribution in [3.05, 3.63) is 45.4 Å².